The molecule has 170 valence electrons. The first-order valence-electron chi connectivity index (χ1n) is 10.4. The van der Waals surface area contributed by atoms with E-state index in [0.717, 1.165) is 0 Å². The number of nitrogens with zero attached hydrogens (tertiary/aromatic N) is 2. The molecule has 32 heavy (non-hydrogen) atoms. The third-order valence-corrected chi connectivity index (χ3v) is 5.76. The van der Waals surface area contributed by atoms with E-state index in [1.807, 2.05) is 0 Å². The average molecular weight is 441 g/mol. The summed E-state index contributed by atoms with van der Waals surface area (Å²) < 4.78 is 6.73. The van der Waals surface area contributed by atoms with Crippen molar-refractivity contribution in [3.8, 4) is 5.69 Å². The van der Waals surface area contributed by atoms with Crippen LogP contribution in [0, 0.1) is 0 Å². The first-order chi connectivity index (χ1) is 15.2. The van der Waals surface area contributed by atoms with Crippen molar-refractivity contribution in [1.82, 2.24) is 14.8 Å². The molecule has 1 aromatic heterocycles. The predicted molar refractivity (Wildman–Crippen MR) is 118 cm³/mol. The summed E-state index contributed by atoms with van der Waals surface area (Å²) in [6.45, 7) is 3.59. The number of likely N-dealkylation sites (tertiary alicyclic amines) is 1. The number of hydrogen-bond acceptors (Lipinski definition) is 5. The standard InChI is InChI=1S/C23H28N4O5/c1-23(2,32-3)22(31)27-14-6-7-17(19(27)20(24)29)25-21(30)15-9-11-16(12-10-15)26-13-5-4-8-18(26)28/h4-5,8-13,17,19H,6-7,14H2,1-3H3,(H2,24,29)(H,25,30). The molecule has 0 saturated carbocycles. The van der Waals surface area contributed by atoms with Crippen molar-refractivity contribution in [2.24, 2.45) is 5.73 Å². The van der Waals surface area contributed by atoms with Crippen LogP contribution in [0.25, 0.3) is 5.69 Å². The second-order valence-corrected chi connectivity index (χ2v) is 8.24. The number of pyridine rings is 1. The Morgan fingerprint density at radius 3 is 2.41 bits per heavy atom. The minimum atomic E-state index is -1.12. The van der Waals surface area contributed by atoms with Crippen LogP contribution in [0.1, 0.15) is 37.0 Å². The fourth-order valence-electron chi connectivity index (χ4n) is 3.83. The van der Waals surface area contributed by atoms with Crippen LogP contribution < -0.4 is 16.6 Å². The van der Waals surface area contributed by atoms with Crippen molar-refractivity contribution in [1.29, 1.82) is 0 Å². The lowest BCUT2D eigenvalue weighted by molar-refractivity contribution is -0.158. The maximum Gasteiger partial charge on any atom is 0.255 e. The van der Waals surface area contributed by atoms with Crippen LogP contribution in [-0.2, 0) is 14.3 Å². The van der Waals surface area contributed by atoms with Gasteiger partial charge in [-0.3, -0.25) is 23.7 Å². The van der Waals surface area contributed by atoms with Crippen molar-refractivity contribution in [2.75, 3.05) is 13.7 Å². The molecule has 3 amide bonds. The minimum Gasteiger partial charge on any atom is -0.369 e. The van der Waals surface area contributed by atoms with Gasteiger partial charge in [0.25, 0.3) is 17.4 Å². The van der Waals surface area contributed by atoms with Crippen LogP contribution >= 0.6 is 0 Å². The molecule has 3 N–H and O–H groups in total. The molecule has 0 aliphatic carbocycles. The largest absolute Gasteiger partial charge is 0.369 e. The van der Waals surface area contributed by atoms with Crippen LogP contribution in [0.4, 0.5) is 0 Å². The summed E-state index contributed by atoms with van der Waals surface area (Å²) in [7, 11) is 1.42. The molecule has 0 bridgehead atoms. The lowest BCUT2D eigenvalue weighted by atomic mass is 9.93. The normalized spacial score (nSPS) is 18.8. The predicted octanol–water partition coefficient (Wildman–Crippen LogP) is 0.837. The molecule has 2 atom stereocenters. The minimum absolute atomic E-state index is 0.181. The summed E-state index contributed by atoms with van der Waals surface area (Å²) in [5, 5.41) is 2.85. The smallest absolute Gasteiger partial charge is 0.255 e. The second kappa shape index (κ2) is 9.35. The number of piperidine rings is 1. The van der Waals surface area contributed by atoms with Gasteiger partial charge in [0.1, 0.15) is 11.6 Å². The molecule has 1 fully saturated rings. The first-order valence-corrected chi connectivity index (χ1v) is 10.4. The molecular formula is C23H28N4O5. The van der Waals surface area contributed by atoms with E-state index in [0.29, 0.717) is 30.6 Å². The van der Waals surface area contributed by atoms with Gasteiger partial charge in [0.2, 0.25) is 5.91 Å². The van der Waals surface area contributed by atoms with E-state index in [1.54, 1.807) is 56.4 Å². The number of carbonyl (C=O) groups excluding carboxylic acids is 3. The lowest BCUT2D eigenvalue weighted by Crippen LogP contribution is -2.64. The third kappa shape index (κ3) is 4.72. The Morgan fingerprint density at radius 1 is 1.12 bits per heavy atom. The molecule has 1 aliphatic rings. The molecule has 2 unspecified atom stereocenters. The maximum atomic E-state index is 12.9. The number of ether oxygens (including phenoxy) is 1. The van der Waals surface area contributed by atoms with Gasteiger partial charge in [0.15, 0.2) is 0 Å². The number of nitrogens with two attached hydrogens (primary N) is 1. The highest BCUT2D eigenvalue weighted by Gasteiger charge is 2.43. The molecule has 9 nitrogen and oxygen atoms in total. The number of benzene rings is 1. The summed E-state index contributed by atoms with van der Waals surface area (Å²) in [5.41, 5.74) is 5.31. The molecule has 0 radical (unpaired) electrons. The summed E-state index contributed by atoms with van der Waals surface area (Å²) in [5.74, 6) is -1.44. The molecule has 1 aliphatic heterocycles. The zero-order chi connectivity index (χ0) is 23.5. The molecular weight excluding hydrogens is 412 g/mol. The van der Waals surface area contributed by atoms with E-state index in [9.17, 15) is 19.2 Å². The van der Waals surface area contributed by atoms with Gasteiger partial charge in [0.05, 0.1) is 6.04 Å². The average Bonchev–Trinajstić information content (AvgIpc) is 2.78. The third-order valence-electron chi connectivity index (χ3n) is 5.76. The Hall–Kier alpha value is -3.46. The maximum absolute atomic E-state index is 12.9. The Morgan fingerprint density at radius 2 is 1.81 bits per heavy atom. The first kappa shape index (κ1) is 23.2. The number of nitrogens with one attached hydrogen (secondary N) is 1. The Balaban J connectivity index is 1.78. The van der Waals surface area contributed by atoms with Gasteiger partial charge in [-0.1, -0.05) is 6.07 Å². The van der Waals surface area contributed by atoms with Crippen LogP contribution in [0.3, 0.4) is 0 Å². The molecule has 9 heteroatoms. The quantitative estimate of drug-likeness (QED) is 0.689. The van der Waals surface area contributed by atoms with Crippen molar-refractivity contribution < 1.29 is 19.1 Å². The fourth-order valence-corrected chi connectivity index (χ4v) is 3.83. The monoisotopic (exact) mass is 440 g/mol. The van der Waals surface area contributed by atoms with E-state index in [1.165, 1.54) is 22.6 Å². The van der Waals surface area contributed by atoms with Gasteiger partial charge >= 0.3 is 0 Å². The lowest BCUT2D eigenvalue weighted by Gasteiger charge is -2.42. The molecule has 1 aromatic carbocycles. The van der Waals surface area contributed by atoms with Crippen molar-refractivity contribution >= 4 is 17.7 Å². The molecule has 2 heterocycles. The molecule has 0 spiro atoms. The van der Waals surface area contributed by atoms with Crippen molar-refractivity contribution in [2.45, 2.75) is 44.4 Å². The van der Waals surface area contributed by atoms with Crippen LogP contribution in [0.2, 0.25) is 0 Å². The second-order valence-electron chi connectivity index (χ2n) is 8.24. The summed E-state index contributed by atoms with van der Waals surface area (Å²) in [4.78, 5) is 51.4. The number of carbonyl (C=O) groups is 3. The van der Waals surface area contributed by atoms with E-state index in [2.05, 4.69) is 5.32 Å². The van der Waals surface area contributed by atoms with E-state index >= 15 is 0 Å². The van der Waals surface area contributed by atoms with Gasteiger partial charge in [-0.25, -0.2) is 0 Å². The number of amides is 3. The van der Waals surface area contributed by atoms with E-state index in [4.69, 9.17) is 10.5 Å². The molecule has 1 saturated heterocycles. The van der Waals surface area contributed by atoms with E-state index in [-0.39, 0.29) is 11.5 Å². The van der Waals surface area contributed by atoms with Gasteiger partial charge in [0, 0.05) is 37.2 Å². The number of primary amides is 1. The summed E-state index contributed by atoms with van der Waals surface area (Å²) in [6, 6.07) is 9.78. The Labute approximate surface area is 186 Å². The van der Waals surface area contributed by atoms with Crippen LogP contribution in [-0.4, -0.2) is 58.5 Å². The van der Waals surface area contributed by atoms with Gasteiger partial charge in [-0.05, 0) is 57.0 Å². The van der Waals surface area contributed by atoms with Gasteiger partial charge in [-0.2, -0.15) is 0 Å². The number of hydrogen-bond donors (Lipinski definition) is 2. The highest BCUT2D eigenvalue weighted by molar-refractivity contribution is 5.96. The van der Waals surface area contributed by atoms with Crippen molar-refractivity contribution in [3.63, 3.8) is 0 Å². The highest BCUT2D eigenvalue weighted by atomic mass is 16.5. The van der Waals surface area contributed by atoms with Gasteiger partial charge < -0.3 is 20.7 Å². The topological polar surface area (TPSA) is 124 Å². The summed E-state index contributed by atoms with van der Waals surface area (Å²) >= 11 is 0. The van der Waals surface area contributed by atoms with E-state index < -0.39 is 29.5 Å². The SMILES string of the molecule is COC(C)(C)C(=O)N1CCCC(NC(=O)c2ccc(-n3ccccc3=O)cc2)C1C(N)=O. The number of aromatic nitrogens is 1. The molecule has 3 rings (SSSR count). The van der Waals surface area contributed by atoms with Crippen LogP contribution in [0.5, 0.6) is 0 Å². The number of rotatable bonds is 6. The fraction of sp³-hybridized carbons (Fsp3) is 0.391. The van der Waals surface area contributed by atoms with Crippen molar-refractivity contribution in [3.05, 3.63) is 64.6 Å². The van der Waals surface area contributed by atoms with Gasteiger partial charge in [-0.15, -0.1) is 0 Å². The highest BCUT2D eigenvalue weighted by Crippen LogP contribution is 2.23. The number of methoxy groups -OCH3 is 1. The zero-order valence-electron chi connectivity index (χ0n) is 18.4. The Kier molecular flexibility index (Phi) is 6.78. The van der Waals surface area contributed by atoms with Crippen LogP contribution in [0.15, 0.2) is 53.5 Å². The summed E-state index contributed by atoms with van der Waals surface area (Å²) in [6.07, 6.45) is 2.76. The Bertz CT molecular complexity index is 1060. The molecule has 2 aromatic rings. The zero-order valence-corrected chi connectivity index (χ0v) is 18.4.